The molecule has 0 fully saturated rings. The number of imidazole rings is 1. The average Bonchev–Trinajstić information content (AvgIpc) is 3.25. The fourth-order valence-electron chi connectivity index (χ4n) is 4.25. The SMILES string of the molecule is CCN(CC)CCNC(=O)c1ccc(-c2ccc3cnc(-c4cccc(C)c4)n3c2)c(C)c1. The molecule has 4 aromatic rings. The van der Waals surface area contributed by atoms with E-state index in [1.54, 1.807) is 0 Å². The Labute approximate surface area is 196 Å². The molecule has 0 radical (unpaired) electrons. The lowest BCUT2D eigenvalue weighted by molar-refractivity contribution is 0.0949. The second kappa shape index (κ2) is 10.0. The van der Waals surface area contributed by atoms with Crippen molar-refractivity contribution in [1.82, 2.24) is 19.6 Å². The molecule has 0 aliphatic rings. The van der Waals surface area contributed by atoms with Crippen molar-refractivity contribution in [3.63, 3.8) is 0 Å². The minimum Gasteiger partial charge on any atom is -0.351 e. The van der Waals surface area contributed by atoms with Gasteiger partial charge in [0.05, 0.1) is 11.7 Å². The molecule has 2 heterocycles. The summed E-state index contributed by atoms with van der Waals surface area (Å²) in [6.45, 7) is 11.9. The molecule has 0 saturated carbocycles. The van der Waals surface area contributed by atoms with Crippen molar-refractivity contribution in [2.75, 3.05) is 26.2 Å². The number of carbonyl (C=O) groups is 1. The third-order valence-corrected chi connectivity index (χ3v) is 6.21. The number of nitrogens with zero attached hydrogens (tertiary/aromatic N) is 3. The van der Waals surface area contributed by atoms with Crippen LogP contribution in [0.15, 0.2) is 67.0 Å². The minimum atomic E-state index is -0.0244. The van der Waals surface area contributed by atoms with Gasteiger partial charge in [-0.15, -0.1) is 0 Å². The number of fused-ring (bicyclic) bond motifs is 1. The molecule has 33 heavy (non-hydrogen) atoms. The highest BCUT2D eigenvalue weighted by Crippen LogP contribution is 2.28. The summed E-state index contributed by atoms with van der Waals surface area (Å²) in [4.78, 5) is 19.6. The number of likely N-dealkylation sites (N-methyl/N-ethyl adjacent to an activating group) is 1. The van der Waals surface area contributed by atoms with Gasteiger partial charge in [0, 0.05) is 30.4 Å². The molecule has 0 spiro atoms. The van der Waals surface area contributed by atoms with Crippen molar-refractivity contribution in [3.05, 3.63) is 83.7 Å². The first kappa shape index (κ1) is 22.7. The van der Waals surface area contributed by atoms with E-state index in [1.165, 1.54) is 5.56 Å². The van der Waals surface area contributed by atoms with Gasteiger partial charge < -0.3 is 10.2 Å². The van der Waals surface area contributed by atoms with Crippen LogP contribution < -0.4 is 5.32 Å². The largest absolute Gasteiger partial charge is 0.351 e. The number of benzene rings is 2. The number of hydrogen-bond donors (Lipinski definition) is 1. The van der Waals surface area contributed by atoms with E-state index >= 15 is 0 Å². The predicted octanol–water partition coefficient (Wildman–Crippen LogP) is 5.36. The van der Waals surface area contributed by atoms with E-state index < -0.39 is 0 Å². The van der Waals surface area contributed by atoms with Crippen molar-refractivity contribution in [1.29, 1.82) is 0 Å². The summed E-state index contributed by atoms with van der Waals surface area (Å²) in [5.74, 6) is 0.904. The summed E-state index contributed by atoms with van der Waals surface area (Å²) in [6.07, 6.45) is 4.03. The maximum atomic E-state index is 12.6. The van der Waals surface area contributed by atoms with E-state index in [-0.39, 0.29) is 5.91 Å². The summed E-state index contributed by atoms with van der Waals surface area (Å²) < 4.78 is 2.14. The highest BCUT2D eigenvalue weighted by atomic mass is 16.1. The van der Waals surface area contributed by atoms with Gasteiger partial charge in [0.25, 0.3) is 5.91 Å². The number of rotatable bonds is 8. The number of pyridine rings is 1. The molecule has 0 saturated heterocycles. The fourth-order valence-corrected chi connectivity index (χ4v) is 4.25. The first-order chi connectivity index (χ1) is 16.0. The van der Waals surface area contributed by atoms with Crippen molar-refractivity contribution < 1.29 is 4.79 Å². The van der Waals surface area contributed by atoms with Crippen LogP contribution in [0.5, 0.6) is 0 Å². The fraction of sp³-hybridized carbons (Fsp3) is 0.286. The van der Waals surface area contributed by atoms with Crippen molar-refractivity contribution >= 4 is 11.4 Å². The number of amides is 1. The second-order valence-electron chi connectivity index (χ2n) is 8.48. The number of aromatic nitrogens is 2. The van der Waals surface area contributed by atoms with Crippen LogP contribution in [-0.4, -0.2) is 46.4 Å². The molecule has 0 atom stereocenters. The topological polar surface area (TPSA) is 49.6 Å². The number of hydrogen-bond acceptors (Lipinski definition) is 3. The van der Waals surface area contributed by atoms with Crippen LogP contribution in [0.4, 0.5) is 0 Å². The van der Waals surface area contributed by atoms with Crippen LogP contribution in [0.3, 0.4) is 0 Å². The van der Waals surface area contributed by atoms with E-state index in [0.717, 1.165) is 53.2 Å². The van der Waals surface area contributed by atoms with E-state index in [0.29, 0.717) is 12.1 Å². The first-order valence-electron chi connectivity index (χ1n) is 11.7. The van der Waals surface area contributed by atoms with Gasteiger partial charge >= 0.3 is 0 Å². The standard InChI is InChI=1S/C28H32N4O/c1-5-31(6-2)15-14-29-28(33)23-11-13-26(21(4)17-23)24-10-12-25-18-30-27(32(25)19-24)22-9-7-8-20(3)16-22/h7-13,16-19H,5-6,14-15H2,1-4H3,(H,29,33). The van der Waals surface area contributed by atoms with E-state index in [4.69, 9.17) is 0 Å². The quantitative estimate of drug-likeness (QED) is 0.401. The second-order valence-corrected chi connectivity index (χ2v) is 8.48. The normalized spacial score (nSPS) is 11.3. The molecule has 170 valence electrons. The monoisotopic (exact) mass is 440 g/mol. The molecule has 1 N–H and O–H groups in total. The number of nitrogens with one attached hydrogen (secondary N) is 1. The summed E-state index contributed by atoms with van der Waals surface area (Å²) in [6, 6.07) is 18.5. The zero-order valence-corrected chi connectivity index (χ0v) is 19.9. The Bertz CT molecular complexity index is 1270. The third kappa shape index (κ3) is 4.99. The van der Waals surface area contributed by atoms with Gasteiger partial charge in [-0.3, -0.25) is 9.20 Å². The lowest BCUT2D eigenvalue weighted by atomic mass is 9.99. The molecule has 5 nitrogen and oxygen atoms in total. The van der Waals surface area contributed by atoms with Crippen LogP contribution >= 0.6 is 0 Å². The summed E-state index contributed by atoms with van der Waals surface area (Å²) in [7, 11) is 0. The molecule has 5 heteroatoms. The van der Waals surface area contributed by atoms with E-state index in [1.807, 2.05) is 24.4 Å². The Morgan fingerprint density at radius 1 is 1.00 bits per heavy atom. The molecule has 2 aromatic heterocycles. The van der Waals surface area contributed by atoms with Crippen molar-refractivity contribution in [2.45, 2.75) is 27.7 Å². The van der Waals surface area contributed by atoms with Crippen LogP contribution in [-0.2, 0) is 0 Å². The molecule has 2 aromatic carbocycles. The maximum absolute atomic E-state index is 12.6. The van der Waals surface area contributed by atoms with Gasteiger partial charge in [-0.2, -0.15) is 0 Å². The summed E-state index contributed by atoms with van der Waals surface area (Å²) >= 11 is 0. The third-order valence-electron chi connectivity index (χ3n) is 6.21. The van der Waals surface area contributed by atoms with Crippen LogP contribution in [0.25, 0.3) is 28.0 Å². The van der Waals surface area contributed by atoms with Crippen LogP contribution in [0.2, 0.25) is 0 Å². The molecule has 0 bridgehead atoms. The van der Waals surface area contributed by atoms with Crippen LogP contribution in [0.1, 0.15) is 35.3 Å². The van der Waals surface area contributed by atoms with Gasteiger partial charge in [0.15, 0.2) is 0 Å². The lowest BCUT2D eigenvalue weighted by Crippen LogP contribution is -2.34. The zero-order chi connectivity index (χ0) is 23.4. The molecule has 4 rings (SSSR count). The molecule has 0 aliphatic carbocycles. The highest BCUT2D eigenvalue weighted by molar-refractivity contribution is 5.95. The number of carbonyl (C=O) groups excluding carboxylic acids is 1. The molecular weight excluding hydrogens is 408 g/mol. The predicted molar refractivity (Wildman–Crippen MR) is 136 cm³/mol. The minimum absolute atomic E-state index is 0.0244. The summed E-state index contributed by atoms with van der Waals surface area (Å²) in [5, 5.41) is 3.04. The van der Waals surface area contributed by atoms with Crippen LogP contribution in [0, 0.1) is 13.8 Å². The lowest BCUT2D eigenvalue weighted by Gasteiger charge is -2.18. The first-order valence-corrected chi connectivity index (χ1v) is 11.7. The smallest absolute Gasteiger partial charge is 0.251 e. The Balaban J connectivity index is 1.57. The van der Waals surface area contributed by atoms with Crippen molar-refractivity contribution in [2.24, 2.45) is 0 Å². The Morgan fingerprint density at radius 3 is 2.55 bits per heavy atom. The molecule has 0 unspecified atom stereocenters. The zero-order valence-electron chi connectivity index (χ0n) is 19.9. The number of aryl methyl sites for hydroxylation is 2. The van der Waals surface area contributed by atoms with Gasteiger partial charge in [-0.1, -0.05) is 49.7 Å². The molecular formula is C28H32N4O. The Kier molecular flexibility index (Phi) is 6.90. The van der Waals surface area contributed by atoms with Gasteiger partial charge in [0.2, 0.25) is 0 Å². The average molecular weight is 441 g/mol. The maximum Gasteiger partial charge on any atom is 0.251 e. The molecule has 1 amide bonds. The Hall–Kier alpha value is -3.44. The highest BCUT2D eigenvalue weighted by Gasteiger charge is 2.12. The van der Waals surface area contributed by atoms with Gasteiger partial charge in [-0.05, 0) is 67.9 Å². The van der Waals surface area contributed by atoms with Gasteiger partial charge in [0.1, 0.15) is 5.82 Å². The van der Waals surface area contributed by atoms with Gasteiger partial charge in [-0.25, -0.2) is 4.98 Å². The van der Waals surface area contributed by atoms with Crippen molar-refractivity contribution in [3.8, 4) is 22.5 Å². The van der Waals surface area contributed by atoms with E-state index in [9.17, 15) is 4.79 Å². The molecule has 0 aliphatic heterocycles. The van der Waals surface area contributed by atoms with E-state index in [2.05, 4.69) is 89.9 Å². The Morgan fingerprint density at radius 2 is 1.82 bits per heavy atom. The summed E-state index contributed by atoms with van der Waals surface area (Å²) in [5.41, 5.74) is 7.34.